The van der Waals surface area contributed by atoms with Crippen molar-refractivity contribution in [2.75, 3.05) is 19.6 Å². The van der Waals surface area contributed by atoms with Crippen molar-refractivity contribution >= 4 is 6.09 Å². The minimum atomic E-state index is -0.508. The zero-order valence-electron chi connectivity index (χ0n) is 17.0. The largest absolute Gasteiger partial charge is 0.444 e. The van der Waals surface area contributed by atoms with Crippen LogP contribution in [0.4, 0.5) is 4.79 Å². The molecule has 0 radical (unpaired) electrons. The van der Waals surface area contributed by atoms with Crippen molar-refractivity contribution < 1.29 is 9.53 Å². The second-order valence-corrected chi connectivity index (χ2v) is 8.16. The average molecular weight is 384 g/mol. The third-order valence-electron chi connectivity index (χ3n) is 4.57. The molecule has 3 rings (SSSR count). The molecule has 2 aromatic rings. The van der Waals surface area contributed by atoms with Crippen molar-refractivity contribution in [2.45, 2.75) is 46.3 Å². The Morgan fingerprint density at radius 1 is 1.29 bits per heavy atom. The third-order valence-corrected chi connectivity index (χ3v) is 4.57. The van der Waals surface area contributed by atoms with Crippen LogP contribution >= 0.6 is 0 Å². The average Bonchev–Trinajstić information content (AvgIpc) is 2.60. The molecule has 0 aliphatic carbocycles. The van der Waals surface area contributed by atoms with Gasteiger partial charge >= 0.3 is 6.09 Å². The third kappa shape index (κ3) is 5.19. The minimum absolute atomic E-state index is 0.0629. The number of amides is 1. The Hall–Kier alpha value is -2.67. The van der Waals surface area contributed by atoms with Crippen LogP contribution in [0.5, 0.6) is 0 Å². The predicted octanol–water partition coefficient (Wildman–Crippen LogP) is 2.63. The summed E-state index contributed by atoms with van der Waals surface area (Å²) in [6.45, 7) is 10.0. The number of carbonyl (C=O) groups is 1. The Morgan fingerprint density at radius 2 is 2.00 bits per heavy atom. The van der Waals surface area contributed by atoms with E-state index in [4.69, 9.17) is 9.72 Å². The molecule has 1 aliphatic heterocycles. The van der Waals surface area contributed by atoms with Gasteiger partial charge in [-0.15, -0.1) is 0 Å². The lowest BCUT2D eigenvalue weighted by Gasteiger charge is -2.28. The standard InChI is InChI=1S/C21H28N4O3/c1-14-5-7-15(8-6-14)18-23-17-13-25(11-9-16(17)19(26)24-18)12-10-22-20(27)28-21(2,3)4/h5-8H,9-13H2,1-4H3,(H,22,27)(H,23,24,26). The van der Waals surface area contributed by atoms with Gasteiger partial charge in [-0.2, -0.15) is 0 Å². The Morgan fingerprint density at radius 3 is 2.68 bits per heavy atom. The topological polar surface area (TPSA) is 87.3 Å². The highest BCUT2D eigenvalue weighted by molar-refractivity contribution is 5.67. The minimum Gasteiger partial charge on any atom is -0.444 e. The SMILES string of the molecule is Cc1ccc(-c2nc3c(c(=O)[nH]2)CCN(CCNC(=O)OC(C)(C)C)C3)cc1. The fraction of sp³-hybridized carbons (Fsp3) is 0.476. The van der Waals surface area contributed by atoms with E-state index < -0.39 is 11.7 Å². The molecule has 28 heavy (non-hydrogen) atoms. The molecule has 0 atom stereocenters. The Balaban J connectivity index is 1.64. The summed E-state index contributed by atoms with van der Waals surface area (Å²) in [6, 6.07) is 7.93. The molecule has 1 aromatic heterocycles. The van der Waals surface area contributed by atoms with Crippen LogP contribution in [0.25, 0.3) is 11.4 Å². The van der Waals surface area contributed by atoms with Gasteiger partial charge in [0.1, 0.15) is 11.4 Å². The van der Waals surface area contributed by atoms with Crippen molar-refractivity contribution in [3.05, 3.63) is 51.4 Å². The summed E-state index contributed by atoms with van der Waals surface area (Å²) in [5.74, 6) is 0.595. The number of ether oxygens (including phenoxy) is 1. The quantitative estimate of drug-likeness (QED) is 0.846. The zero-order valence-corrected chi connectivity index (χ0v) is 17.0. The van der Waals surface area contributed by atoms with Gasteiger partial charge < -0.3 is 15.0 Å². The van der Waals surface area contributed by atoms with Crippen LogP contribution in [-0.2, 0) is 17.7 Å². The van der Waals surface area contributed by atoms with Crippen molar-refractivity contribution in [2.24, 2.45) is 0 Å². The van der Waals surface area contributed by atoms with E-state index in [0.29, 0.717) is 31.9 Å². The van der Waals surface area contributed by atoms with Crippen molar-refractivity contribution in [3.63, 3.8) is 0 Å². The van der Waals surface area contributed by atoms with Gasteiger partial charge in [0.15, 0.2) is 0 Å². The number of alkyl carbamates (subject to hydrolysis) is 1. The van der Waals surface area contributed by atoms with Crippen molar-refractivity contribution in [1.29, 1.82) is 0 Å². The number of hydrogen-bond acceptors (Lipinski definition) is 5. The lowest BCUT2D eigenvalue weighted by molar-refractivity contribution is 0.0521. The predicted molar refractivity (Wildman–Crippen MR) is 108 cm³/mol. The molecule has 0 fully saturated rings. The number of benzene rings is 1. The molecule has 0 saturated carbocycles. The Bertz CT molecular complexity index is 897. The fourth-order valence-electron chi connectivity index (χ4n) is 3.16. The number of aromatic nitrogens is 2. The molecule has 0 bridgehead atoms. The summed E-state index contributed by atoms with van der Waals surface area (Å²) < 4.78 is 5.25. The van der Waals surface area contributed by atoms with E-state index in [0.717, 1.165) is 28.9 Å². The highest BCUT2D eigenvalue weighted by Gasteiger charge is 2.22. The number of aromatic amines is 1. The summed E-state index contributed by atoms with van der Waals surface area (Å²) in [6.07, 6.45) is 0.235. The maximum Gasteiger partial charge on any atom is 0.407 e. The molecule has 2 heterocycles. The first-order chi connectivity index (χ1) is 13.2. The van der Waals surface area contributed by atoms with Gasteiger partial charge in [-0.25, -0.2) is 9.78 Å². The monoisotopic (exact) mass is 384 g/mol. The Labute approximate surface area is 165 Å². The number of fused-ring (bicyclic) bond motifs is 1. The normalized spacial score (nSPS) is 14.4. The number of nitrogens with zero attached hydrogens (tertiary/aromatic N) is 2. The van der Waals surface area contributed by atoms with E-state index in [2.05, 4.69) is 15.2 Å². The van der Waals surface area contributed by atoms with E-state index in [1.165, 1.54) is 0 Å². The summed E-state index contributed by atoms with van der Waals surface area (Å²) in [5.41, 5.74) is 3.05. The van der Waals surface area contributed by atoms with Gasteiger partial charge in [0.2, 0.25) is 0 Å². The van der Waals surface area contributed by atoms with Crippen LogP contribution < -0.4 is 10.9 Å². The lowest BCUT2D eigenvalue weighted by Crippen LogP contribution is -2.41. The molecule has 1 aromatic carbocycles. The van der Waals surface area contributed by atoms with Crippen LogP contribution in [0, 0.1) is 6.92 Å². The van der Waals surface area contributed by atoms with Gasteiger partial charge in [-0.3, -0.25) is 9.69 Å². The number of H-pyrrole nitrogens is 1. The van der Waals surface area contributed by atoms with Gasteiger partial charge in [0.25, 0.3) is 5.56 Å². The van der Waals surface area contributed by atoms with Crippen LogP contribution in [0.15, 0.2) is 29.1 Å². The lowest BCUT2D eigenvalue weighted by atomic mass is 10.1. The van der Waals surface area contributed by atoms with Gasteiger partial charge in [-0.05, 0) is 34.1 Å². The van der Waals surface area contributed by atoms with Crippen molar-refractivity contribution in [1.82, 2.24) is 20.2 Å². The summed E-state index contributed by atoms with van der Waals surface area (Å²) in [4.78, 5) is 34.0. The first-order valence-corrected chi connectivity index (χ1v) is 9.59. The molecule has 7 nitrogen and oxygen atoms in total. The Kier molecular flexibility index (Phi) is 5.84. The molecule has 0 unspecified atom stereocenters. The molecule has 0 saturated heterocycles. The number of carbonyl (C=O) groups excluding carboxylic acids is 1. The zero-order chi connectivity index (χ0) is 20.3. The molecule has 7 heteroatoms. The first-order valence-electron chi connectivity index (χ1n) is 9.59. The molecule has 1 amide bonds. The highest BCUT2D eigenvalue weighted by Crippen LogP contribution is 2.19. The van der Waals surface area contributed by atoms with E-state index in [1.807, 2.05) is 52.0 Å². The van der Waals surface area contributed by atoms with Crippen LogP contribution in [0.1, 0.15) is 37.6 Å². The maximum absolute atomic E-state index is 12.5. The van der Waals surface area contributed by atoms with E-state index in [1.54, 1.807) is 0 Å². The van der Waals surface area contributed by atoms with Crippen LogP contribution in [-0.4, -0.2) is 46.2 Å². The smallest absolute Gasteiger partial charge is 0.407 e. The van der Waals surface area contributed by atoms with Gasteiger partial charge in [0, 0.05) is 37.3 Å². The number of aryl methyl sites for hydroxylation is 1. The number of rotatable bonds is 4. The van der Waals surface area contributed by atoms with E-state index >= 15 is 0 Å². The first kappa shape index (κ1) is 20.1. The van der Waals surface area contributed by atoms with Crippen molar-refractivity contribution in [3.8, 4) is 11.4 Å². The number of nitrogens with one attached hydrogen (secondary N) is 2. The number of hydrogen-bond donors (Lipinski definition) is 2. The van der Waals surface area contributed by atoms with E-state index in [-0.39, 0.29) is 5.56 Å². The van der Waals surface area contributed by atoms with Crippen LogP contribution in [0.3, 0.4) is 0 Å². The second-order valence-electron chi connectivity index (χ2n) is 8.16. The molecule has 150 valence electrons. The molecule has 2 N–H and O–H groups in total. The second kappa shape index (κ2) is 8.14. The molecule has 0 spiro atoms. The summed E-state index contributed by atoms with van der Waals surface area (Å²) in [5, 5.41) is 2.77. The fourth-order valence-corrected chi connectivity index (χ4v) is 3.16. The highest BCUT2D eigenvalue weighted by atomic mass is 16.6. The summed E-state index contributed by atoms with van der Waals surface area (Å²) >= 11 is 0. The molecule has 1 aliphatic rings. The van der Waals surface area contributed by atoms with Crippen LogP contribution in [0.2, 0.25) is 0 Å². The summed E-state index contributed by atoms with van der Waals surface area (Å²) in [7, 11) is 0. The molecular formula is C21H28N4O3. The maximum atomic E-state index is 12.5. The van der Waals surface area contributed by atoms with Gasteiger partial charge in [-0.1, -0.05) is 29.8 Å². The molecular weight excluding hydrogens is 356 g/mol. The van der Waals surface area contributed by atoms with Gasteiger partial charge in [0.05, 0.1) is 5.69 Å². The van der Waals surface area contributed by atoms with E-state index in [9.17, 15) is 9.59 Å².